The van der Waals surface area contributed by atoms with E-state index in [1.165, 1.54) is 12.1 Å². The van der Waals surface area contributed by atoms with Crippen LogP contribution in [-0.4, -0.2) is 25.3 Å². The molecule has 0 amide bonds. The summed E-state index contributed by atoms with van der Waals surface area (Å²) < 4.78 is 24.2. The summed E-state index contributed by atoms with van der Waals surface area (Å²) in [6.07, 6.45) is 7.06. The van der Waals surface area contributed by atoms with Gasteiger partial charge in [-0.2, -0.15) is 0 Å². The quantitative estimate of drug-likeness (QED) is 0.528. The highest BCUT2D eigenvalue weighted by molar-refractivity contribution is 5.97. The summed E-state index contributed by atoms with van der Waals surface area (Å²) >= 11 is 0. The maximum Gasteiger partial charge on any atom is 0.168 e. The van der Waals surface area contributed by atoms with Gasteiger partial charge in [-0.25, -0.2) is 4.98 Å². The van der Waals surface area contributed by atoms with Gasteiger partial charge in [0, 0.05) is 39.6 Å². The molecule has 0 fully saturated rings. The topological polar surface area (TPSA) is 60.7 Å². The molecule has 3 aromatic heterocycles. The summed E-state index contributed by atoms with van der Waals surface area (Å²) in [4.78, 5) is 25.5. The van der Waals surface area contributed by atoms with E-state index in [0.29, 0.717) is 11.3 Å². The van der Waals surface area contributed by atoms with Crippen LogP contribution in [0.3, 0.4) is 0 Å². The molecule has 4 rings (SSSR count). The standard InChI is InChI=1S/C21H18N4O/c1-14-3-5-15(6-4-14)21(26)9-18-8-16-7-17(10-24-19(16)11-23-18)20-12-22-13-25(20)2/h3-8,10-13H,9H2,1-2H3/i1D3. The molecule has 0 N–H and O–H groups in total. The second-order valence-corrected chi connectivity index (χ2v) is 6.16. The fourth-order valence-corrected chi connectivity index (χ4v) is 2.87. The number of fused-ring (bicyclic) bond motifs is 1. The first-order chi connectivity index (χ1) is 13.8. The van der Waals surface area contributed by atoms with E-state index in [-0.39, 0.29) is 17.8 Å². The van der Waals surface area contributed by atoms with Gasteiger partial charge in [-0.3, -0.25) is 14.8 Å². The molecule has 0 unspecified atom stereocenters. The number of aromatic nitrogens is 4. The van der Waals surface area contributed by atoms with E-state index < -0.39 is 6.85 Å². The van der Waals surface area contributed by atoms with Crippen LogP contribution in [0.1, 0.15) is 25.7 Å². The molecule has 0 bridgehead atoms. The number of hydrogen-bond acceptors (Lipinski definition) is 4. The van der Waals surface area contributed by atoms with Crippen LogP contribution in [0.2, 0.25) is 0 Å². The summed E-state index contributed by atoms with van der Waals surface area (Å²) in [5.41, 5.74) is 3.93. The van der Waals surface area contributed by atoms with Gasteiger partial charge in [0.1, 0.15) is 0 Å². The van der Waals surface area contributed by atoms with Crippen LogP contribution in [0, 0.1) is 6.85 Å². The van der Waals surface area contributed by atoms with Crippen molar-refractivity contribution in [3.63, 3.8) is 0 Å². The number of ketones is 1. The Kier molecular flexibility index (Phi) is 3.24. The summed E-state index contributed by atoms with van der Waals surface area (Å²) in [5.74, 6) is -0.121. The van der Waals surface area contributed by atoms with E-state index in [2.05, 4.69) is 15.0 Å². The zero-order chi connectivity index (χ0) is 20.6. The SMILES string of the molecule is [2H]C([2H])([2H])c1ccc(C(=O)Cc2cc3cc(-c4cncn4C)cnc3cn2)cc1. The number of nitrogens with zero attached hydrogens (tertiary/aromatic N) is 4. The molecular formula is C21H18N4O. The minimum Gasteiger partial charge on any atom is -0.334 e. The number of aryl methyl sites for hydroxylation is 2. The number of carbonyl (C=O) groups is 1. The maximum atomic E-state index is 12.6. The first-order valence-corrected chi connectivity index (χ1v) is 8.16. The van der Waals surface area contributed by atoms with Crippen molar-refractivity contribution in [2.45, 2.75) is 13.3 Å². The molecule has 0 aliphatic rings. The van der Waals surface area contributed by atoms with Gasteiger partial charge in [0.15, 0.2) is 5.78 Å². The van der Waals surface area contributed by atoms with Crippen molar-refractivity contribution >= 4 is 16.7 Å². The third-order valence-electron chi connectivity index (χ3n) is 4.29. The van der Waals surface area contributed by atoms with Crippen molar-refractivity contribution in [2.24, 2.45) is 7.05 Å². The van der Waals surface area contributed by atoms with Crippen LogP contribution in [0.15, 0.2) is 61.3 Å². The monoisotopic (exact) mass is 345 g/mol. The molecule has 0 saturated carbocycles. The lowest BCUT2D eigenvalue weighted by atomic mass is 10.0. The van der Waals surface area contributed by atoms with Gasteiger partial charge in [-0.05, 0) is 19.0 Å². The van der Waals surface area contributed by atoms with E-state index in [9.17, 15) is 4.79 Å². The molecule has 0 aliphatic carbocycles. The average Bonchev–Trinajstić information content (AvgIpc) is 3.13. The molecule has 0 atom stereocenters. The van der Waals surface area contributed by atoms with Crippen molar-refractivity contribution in [3.05, 3.63) is 78.1 Å². The number of pyridine rings is 2. The van der Waals surface area contributed by atoms with E-state index in [1.54, 1.807) is 37.1 Å². The van der Waals surface area contributed by atoms with Gasteiger partial charge in [0.2, 0.25) is 0 Å². The number of Topliss-reactive ketones (excluding diaryl/α,β-unsaturated/α-hetero) is 1. The van der Waals surface area contributed by atoms with Crippen molar-refractivity contribution in [1.82, 2.24) is 19.5 Å². The molecule has 128 valence electrons. The van der Waals surface area contributed by atoms with Crippen LogP contribution in [0.25, 0.3) is 22.2 Å². The van der Waals surface area contributed by atoms with Crippen molar-refractivity contribution < 1.29 is 8.91 Å². The number of imidazole rings is 1. The highest BCUT2D eigenvalue weighted by atomic mass is 16.1. The molecule has 3 heterocycles. The normalized spacial score (nSPS) is 13.2. The third kappa shape index (κ3) is 3.11. The lowest BCUT2D eigenvalue weighted by Gasteiger charge is -2.06. The maximum absolute atomic E-state index is 12.6. The average molecular weight is 345 g/mol. The fourth-order valence-electron chi connectivity index (χ4n) is 2.87. The van der Waals surface area contributed by atoms with Crippen LogP contribution >= 0.6 is 0 Å². The number of hydrogen-bond donors (Lipinski definition) is 0. The molecule has 5 heteroatoms. The van der Waals surface area contributed by atoms with Crippen LogP contribution in [0.4, 0.5) is 0 Å². The predicted octanol–water partition coefficient (Wildman–Crippen LogP) is 3.76. The Labute approximate surface area is 155 Å². The second-order valence-electron chi connectivity index (χ2n) is 6.16. The number of benzene rings is 1. The lowest BCUT2D eigenvalue weighted by molar-refractivity contribution is 0.0992. The minimum absolute atomic E-state index is 0.121. The van der Waals surface area contributed by atoms with Crippen molar-refractivity contribution in [1.29, 1.82) is 0 Å². The zero-order valence-corrected chi connectivity index (χ0v) is 14.2. The Morgan fingerprint density at radius 1 is 1.12 bits per heavy atom. The predicted molar refractivity (Wildman–Crippen MR) is 101 cm³/mol. The summed E-state index contributed by atoms with van der Waals surface area (Å²) in [6.45, 7) is -2.18. The molecular weight excluding hydrogens is 324 g/mol. The first kappa shape index (κ1) is 12.9. The first-order valence-electron chi connectivity index (χ1n) is 9.66. The van der Waals surface area contributed by atoms with Gasteiger partial charge >= 0.3 is 0 Å². The Bertz CT molecular complexity index is 1200. The molecule has 0 saturated heterocycles. The summed E-state index contributed by atoms with van der Waals surface area (Å²) in [7, 11) is 1.92. The van der Waals surface area contributed by atoms with E-state index >= 15 is 0 Å². The molecule has 0 spiro atoms. The largest absolute Gasteiger partial charge is 0.334 e. The Balaban J connectivity index is 1.59. The Morgan fingerprint density at radius 2 is 1.96 bits per heavy atom. The number of rotatable bonds is 4. The van der Waals surface area contributed by atoms with Gasteiger partial charge < -0.3 is 4.57 Å². The number of carbonyl (C=O) groups excluding carboxylic acids is 1. The smallest absolute Gasteiger partial charge is 0.168 e. The fraction of sp³-hybridized carbons (Fsp3) is 0.143. The zero-order valence-electron chi connectivity index (χ0n) is 17.2. The molecule has 0 aliphatic heterocycles. The Hall–Kier alpha value is -3.34. The molecule has 26 heavy (non-hydrogen) atoms. The van der Waals surface area contributed by atoms with Crippen LogP contribution in [0.5, 0.6) is 0 Å². The summed E-state index contributed by atoms with van der Waals surface area (Å²) in [6, 6.07) is 9.90. The van der Waals surface area contributed by atoms with E-state index in [4.69, 9.17) is 4.11 Å². The Morgan fingerprint density at radius 3 is 2.69 bits per heavy atom. The molecule has 0 radical (unpaired) electrons. The van der Waals surface area contributed by atoms with Crippen LogP contribution < -0.4 is 0 Å². The highest BCUT2D eigenvalue weighted by Gasteiger charge is 2.10. The van der Waals surface area contributed by atoms with Crippen LogP contribution in [-0.2, 0) is 13.5 Å². The van der Waals surface area contributed by atoms with E-state index in [0.717, 1.165) is 22.2 Å². The lowest BCUT2D eigenvalue weighted by Crippen LogP contribution is -2.05. The van der Waals surface area contributed by atoms with Crippen molar-refractivity contribution in [3.8, 4) is 11.3 Å². The van der Waals surface area contributed by atoms with Gasteiger partial charge in [0.05, 0.1) is 36.4 Å². The summed E-state index contributed by atoms with van der Waals surface area (Å²) in [5, 5.41) is 0.888. The third-order valence-corrected chi connectivity index (χ3v) is 4.29. The van der Waals surface area contributed by atoms with E-state index in [1.807, 2.05) is 23.7 Å². The molecule has 4 aromatic rings. The van der Waals surface area contributed by atoms with Gasteiger partial charge in [-0.15, -0.1) is 0 Å². The van der Waals surface area contributed by atoms with Gasteiger partial charge in [0.25, 0.3) is 0 Å². The minimum atomic E-state index is -2.18. The molecule has 1 aromatic carbocycles. The molecule has 5 nitrogen and oxygen atoms in total. The second kappa shape index (κ2) is 6.52. The highest BCUT2D eigenvalue weighted by Crippen LogP contribution is 2.22. The van der Waals surface area contributed by atoms with Crippen molar-refractivity contribution in [2.75, 3.05) is 0 Å². The van der Waals surface area contributed by atoms with Gasteiger partial charge in [-0.1, -0.05) is 29.8 Å².